The molecule has 0 saturated heterocycles. The van der Waals surface area contributed by atoms with Gasteiger partial charge in [0.1, 0.15) is 5.75 Å². The smallest absolute Gasteiger partial charge is 0.180 e. The van der Waals surface area contributed by atoms with Gasteiger partial charge in [-0.25, -0.2) is 4.98 Å². The lowest BCUT2D eigenvalue weighted by atomic mass is 10.1. The summed E-state index contributed by atoms with van der Waals surface area (Å²) in [5.41, 5.74) is 10.5. The van der Waals surface area contributed by atoms with E-state index in [1.165, 1.54) is 5.56 Å². The lowest BCUT2D eigenvalue weighted by molar-refractivity contribution is 0.324. The van der Waals surface area contributed by atoms with Crippen molar-refractivity contribution >= 4 is 11.3 Å². The molecule has 0 bridgehead atoms. The minimum atomic E-state index is 0.585. The number of nitrogen functional groups attached to an aromatic ring is 1. The van der Waals surface area contributed by atoms with Crippen molar-refractivity contribution in [2.75, 3.05) is 18.9 Å². The molecule has 0 spiro atoms. The number of anilines is 1. The molecule has 0 fully saturated rings. The Bertz CT molecular complexity index is 1070. The molecule has 0 aliphatic carbocycles. The summed E-state index contributed by atoms with van der Waals surface area (Å²) in [7, 11) is 0. The normalized spacial score (nSPS) is 10.9. The van der Waals surface area contributed by atoms with Crippen LogP contribution in [0, 0.1) is 0 Å². The van der Waals surface area contributed by atoms with E-state index in [1.807, 2.05) is 72.2 Å². The number of nitrogens with two attached hydrogens (primary N) is 1. The molecule has 0 unspecified atom stereocenters. The van der Waals surface area contributed by atoms with Gasteiger partial charge in [0.15, 0.2) is 11.4 Å². The van der Waals surface area contributed by atoms with E-state index in [2.05, 4.69) is 12.1 Å². The summed E-state index contributed by atoms with van der Waals surface area (Å²) in [6, 6.07) is 20.0. The summed E-state index contributed by atoms with van der Waals surface area (Å²) in [5, 5.41) is 0. The highest BCUT2D eigenvalue weighted by Crippen LogP contribution is 2.30. The Labute approximate surface area is 164 Å². The molecule has 5 nitrogen and oxygen atoms in total. The number of pyridine rings is 1. The lowest BCUT2D eigenvalue weighted by Crippen LogP contribution is -2.02. The molecule has 5 heteroatoms. The van der Waals surface area contributed by atoms with Crippen molar-refractivity contribution in [1.82, 2.24) is 9.38 Å². The van der Waals surface area contributed by atoms with Crippen molar-refractivity contribution in [3.63, 3.8) is 0 Å². The molecule has 0 aliphatic heterocycles. The van der Waals surface area contributed by atoms with E-state index in [0.717, 1.165) is 29.1 Å². The summed E-state index contributed by atoms with van der Waals surface area (Å²) >= 11 is 0. The third-order valence-electron chi connectivity index (χ3n) is 4.54. The maximum atomic E-state index is 6.11. The number of rotatable bonds is 7. The standard InChI is InChI=1S/C23H23N3O2/c1-2-27-21-11-10-18(15-19(21)24)20-16-26-13-6-9-22(23(26)25-20)28-14-12-17-7-4-3-5-8-17/h3-11,13,15-16H,2,12,14,24H2,1H3. The first kappa shape index (κ1) is 17.9. The highest BCUT2D eigenvalue weighted by Gasteiger charge is 2.11. The van der Waals surface area contributed by atoms with Crippen molar-refractivity contribution in [1.29, 1.82) is 0 Å². The maximum Gasteiger partial charge on any atom is 0.180 e. The Hall–Kier alpha value is -3.47. The predicted molar refractivity (Wildman–Crippen MR) is 112 cm³/mol. The molecule has 2 aromatic carbocycles. The van der Waals surface area contributed by atoms with Gasteiger partial charge in [-0.1, -0.05) is 30.3 Å². The number of ether oxygens (including phenoxy) is 2. The van der Waals surface area contributed by atoms with Crippen LogP contribution in [0.15, 0.2) is 73.1 Å². The molecule has 2 aromatic heterocycles. The molecule has 2 heterocycles. The molecule has 0 amide bonds. The monoisotopic (exact) mass is 373 g/mol. The Morgan fingerprint density at radius 3 is 2.61 bits per heavy atom. The first-order chi connectivity index (χ1) is 13.7. The number of nitrogens with zero attached hydrogens (tertiary/aromatic N) is 2. The second kappa shape index (κ2) is 8.05. The van der Waals surface area contributed by atoms with Crippen molar-refractivity contribution in [2.45, 2.75) is 13.3 Å². The van der Waals surface area contributed by atoms with Gasteiger partial charge in [-0.2, -0.15) is 0 Å². The van der Waals surface area contributed by atoms with Gasteiger partial charge < -0.3 is 19.6 Å². The van der Waals surface area contributed by atoms with Crippen molar-refractivity contribution < 1.29 is 9.47 Å². The summed E-state index contributed by atoms with van der Waals surface area (Å²) in [6.45, 7) is 3.12. The number of hydrogen-bond acceptors (Lipinski definition) is 4. The number of aromatic nitrogens is 2. The Morgan fingerprint density at radius 2 is 1.82 bits per heavy atom. The fourth-order valence-corrected chi connectivity index (χ4v) is 3.16. The van der Waals surface area contributed by atoms with E-state index < -0.39 is 0 Å². The van der Waals surface area contributed by atoms with Gasteiger partial charge in [0.25, 0.3) is 0 Å². The van der Waals surface area contributed by atoms with Gasteiger partial charge in [-0.05, 0) is 42.8 Å². The van der Waals surface area contributed by atoms with Crippen LogP contribution in [0.1, 0.15) is 12.5 Å². The molecule has 4 rings (SSSR count). The first-order valence-corrected chi connectivity index (χ1v) is 9.41. The van der Waals surface area contributed by atoms with Gasteiger partial charge in [-0.15, -0.1) is 0 Å². The molecule has 28 heavy (non-hydrogen) atoms. The molecule has 142 valence electrons. The Balaban J connectivity index is 1.56. The minimum absolute atomic E-state index is 0.585. The molecular formula is C23H23N3O2. The molecule has 2 N–H and O–H groups in total. The minimum Gasteiger partial charge on any atom is -0.492 e. The Kier molecular flexibility index (Phi) is 5.15. The van der Waals surface area contributed by atoms with Crippen LogP contribution in [-0.4, -0.2) is 22.6 Å². The second-order valence-corrected chi connectivity index (χ2v) is 6.50. The average molecular weight is 373 g/mol. The second-order valence-electron chi connectivity index (χ2n) is 6.50. The van der Waals surface area contributed by atoms with Crippen LogP contribution in [-0.2, 0) is 6.42 Å². The van der Waals surface area contributed by atoms with Crippen LogP contribution in [0.3, 0.4) is 0 Å². The number of imidazole rings is 1. The number of fused-ring (bicyclic) bond motifs is 1. The topological polar surface area (TPSA) is 61.8 Å². The van der Waals surface area contributed by atoms with E-state index >= 15 is 0 Å². The summed E-state index contributed by atoms with van der Waals surface area (Å²) in [4.78, 5) is 4.77. The zero-order valence-electron chi connectivity index (χ0n) is 15.8. The Morgan fingerprint density at radius 1 is 0.964 bits per heavy atom. The van der Waals surface area contributed by atoms with Crippen LogP contribution in [0.5, 0.6) is 11.5 Å². The van der Waals surface area contributed by atoms with E-state index in [-0.39, 0.29) is 0 Å². The SMILES string of the molecule is CCOc1ccc(-c2cn3cccc(OCCc4ccccc4)c3n2)cc1N. The highest BCUT2D eigenvalue weighted by atomic mass is 16.5. The summed E-state index contributed by atoms with van der Waals surface area (Å²) in [6.07, 6.45) is 4.80. The molecule has 0 saturated carbocycles. The summed E-state index contributed by atoms with van der Waals surface area (Å²) in [5.74, 6) is 1.46. The highest BCUT2D eigenvalue weighted by molar-refractivity contribution is 5.71. The van der Waals surface area contributed by atoms with Crippen molar-refractivity contribution in [3.8, 4) is 22.8 Å². The zero-order valence-corrected chi connectivity index (χ0v) is 15.8. The molecule has 4 aromatic rings. The zero-order chi connectivity index (χ0) is 19.3. The maximum absolute atomic E-state index is 6.11. The van der Waals surface area contributed by atoms with E-state index in [1.54, 1.807) is 0 Å². The van der Waals surface area contributed by atoms with Gasteiger partial charge in [0, 0.05) is 24.4 Å². The first-order valence-electron chi connectivity index (χ1n) is 9.41. The van der Waals surface area contributed by atoms with E-state index in [4.69, 9.17) is 20.2 Å². The van der Waals surface area contributed by atoms with E-state index in [9.17, 15) is 0 Å². The fourth-order valence-electron chi connectivity index (χ4n) is 3.16. The van der Waals surface area contributed by atoms with Gasteiger partial charge in [0.05, 0.1) is 24.6 Å². The van der Waals surface area contributed by atoms with Crippen LogP contribution in [0.4, 0.5) is 5.69 Å². The predicted octanol–water partition coefficient (Wildman–Crippen LogP) is 4.60. The van der Waals surface area contributed by atoms with Crippen molar-refractivity contribution in [2.24, 2.45) is 0 Å². The fraction of sp³-hybridized carbons (Fsp3) is 0.174. The van der Waals surface area contributed by atoms with E-state index in [0.29, 0.717) is 24.7 Å². The third kappa shape index (κ3) is 3.78. The molecule has 0 aliphatic rings. The van der Waals surface area contributed by atoms with Crippen LogP contribution in [0.2, 0.25) is 0 Å². The number of hydrogen-bond donors (Lipinski definition) is 1. The lowest BCUT2D eigenvalue weighted by Gasteiger charge is -2.07. The van der Waals surface area contributed by atoms with Crippen molar-refractivity contribution in [3.05, 3.63) is 78.6 Å². The largest absolute Gasteiger partial charge is 0.492 e. The average Bonchev–Trinajstić information content (AvgIpc) is 3.16. The molecule has 0 atom stereocenters. The third-order valence-corrected chi connectivity index (χ3v) is 4.54. The van der Waals surface area contributed by atoms with Crippen LogP contribution < -0.4 is 15.2 Å². The number of benzene rings is 2. The summed E-state index contributed by atoms with van der Waals surface area (Å²) < 4.78 is 13.5. The van der Waals surface area contributed by atoms with Gasteiger partial charge in [-0.3, -0.25) is 0 Å². The van der Waals surface area contributed by atoms with Gasteiger partial charge >= 0.3 is 0 Å². The van der Waals surface area contributed by atoms with Crippen LogP contribution >= 0.6 is 0 Å². The molecular weight excluding hydrogens is 350 g/mol. The van der Waals surface area contributed by atoms with Gasteiger partial charge in [0.2, 0.25) is 0 Å². The molecule has 0 radical (unpaired) electrons. The quantitative estimate of drug-likeness (QED) is 0.481. The van der Waals surface area contributed by atoms with Crippen LogP contribution in [0.25, 0.3) is 16.9 Å².